The van der Waals surface area contributed by atoms with E-state index in [1.54, 1.807) is 0 Å². The topological polar surface area (TPSA) is 46.5 Å². The smallest absolute Gasteiger partial charge is 0.333 e. The van der Waals surface area contributed by atoms with Crippen molar-refractivity contribution in [3.8, 4) is 0 Å². The summed E-state index contributed by atoms with van der Waals surface area (Å²) in [6.45, 7) is 8.55. The van der Waals surface area contributed by atoms with Gasteiger partial charge >= 0.3 is 5.97 Å². The van der Waals surface area contributed by atoms with Gasteiger partial charge in [-0.15, -0.1) is 0 Å². The third kappa shape index (κ3) is 4.15. The number of aryl methyl sites for hydroxylation is 1. The Morgan fingerprint density at radius 1 is 1.33 bits per heavy atom. The van der Waals surface area contributed by atoms with Crippen molar-refractivity contribution < 1.29 is 14.6 Å². The second-order valence-electron chi connectivity index (χ2n) is 5.12. The number of carboxylic acids is 1. The third-order valence-corrected chi connectivity index (χ3v) is 3.03. The van der Waals surface area contributed by atoms with E-state index in [0.717, 1.165) is 11.1 Å². The minimum atomic E-state index is -0.892. The van der Waals surface area contributed by atoms with E-state index < -0.39 is 12.1 Å². The highest BCUT2D eigenvalue weighted by Crippen LogP contribution is 2.16. The maximum atomic E-state index is 11.2. The van der Waals surface area contributed by atoms with Gasteiger partial charge in [-0.1, -0.05) is 32.0 Å². The Kier molecular flexibility index (Phi) is 5.35. The van der Waals surface area contributed by atoms with Gasteiger partial charge < -0.3 is 9.84 Å². The van der Waals surface area contributed by atoms with E-state index in [4.69, 9.17) is 4.74 Å². The van der Waals surface area contributed by atoms with Crippen LogP contribution in [0.4, 0.5) is 0 Å². The van der Waals surface area contributed by atoms with Crippen LogP contribution in [0.3, 0.4) is 0 Å². The summed E-state index contributed by atoms with van der Waals surface area (Å²) in [6.07, 6.45) is -0.330. The SMILES string of the molecule is Cc1cccc(C[C@@H](OCC(C)C)C(=O)O)c1C. The Morgan fingerprint density at radius 3 is 2.56 bits per heavy atom. The van der Waals surface area contributed by atoms with Gasteiger partial charge in [-0.05, 0) is 36.5 Å². The van der Waals surface area contributed by atoms with Crippen molar-refractivity contribution in [2.24, 2.45) is 5.92 Å². The van der Waals surface area contributed by atoms with Crippen LogP contribution in [0.25, 0.3) is 0 Å². The van der Waals surface area contributed by atoms with Gasteiger partial charge in [0.2, 0.25) is 0 Å². The quantitative estimate of drug-likeness (QED) is 0.844. The van der Waals surface area contributed by atoms with Crippen LogP contribution in [0.15, 0.2) is 18.2 Å². The minimum Gasteiger partial charge on any atom is -0.479 e. The first kappa shape index (κ1) is 14.7. The van der Waals surface area contributed by atoms with Crippen molar-refractivity contribution in [1.29, 1.82) is 0 Å². The first-order valence-corrected chi connectivity index (χ1v) is 6.31. The standard InChI is InChI=1S/C15H22O3/c1-10(2)9-18-14(15(16)17)8-13-7-5-6-11(3)12(13)4/h5-7,10,14H,8-9H2,1-4H3,(H,16,17)/t14-/m1/s1. The highest BCUT2D eigenvalue weighted by atomic mass is 16.5. The molecule has 0 aliphatic carbocycles. The summed E-state index contributed by atoms with van der Waals surface area (Å²) in [4.78, 5) is 11.2. The van der Waals surface area contributed by atoms with Crippen molar-refractivity contribution in [1.82, 2.24) is 0 Å². The van der Waals surface area contributed by atoms with Crippen molar-refractivity contribution in [2.75, 3.05) is 6.61 Å². The second kappa shape index (κ2) is 6.55. The number of hydrogen-bond acceptors (Lipinski definition) is 2. The molecule has 0 fully saturated rings. The summed E-state index contributed by atoms with van der Waals surface area (Å²) in [5.74, 6) is -0.554. The lowest BCUT2D eigenvalue weighted by Crippen LogP contribution is -2.28. The maximum Gasteiger partial charge on any atom is 0.333 e. The van der Waals surface area contributed by atoms with Crippen molar-refractivity contribution in [3.63, 3.8) is 0 Å². The molecule has 1 rings (SSSR count). The van der Waals surface area contributed by atoms with Gasteiger partial charge in [-0.3, -0.25) is 0 Å². The van der Waals surface area contributed by atoms with E-state index in [0.29, 0.717) is 18.9 Å². The summed E-state index contributed by atoms with van der Waals surface area (Å²) in [5.41, 5.74) is 3.38. The Morgan fingerprint density at radius 2 is 2.00 bits per heavy atom. The Labute approximate surface area is 109 Å². The molecule has 0 aromatic heterocycles. The lowest BCUT2D eigenvalue weighted by molar-refractivity contribution is -0.150. The van der Waals surface area contributed by atoms with E-state index in [9.17, 15) is 9.90 Å². The number of ether oxygens (including phenoxy) is 1. The molecular weight excluding hydrogens is 228 g/mol. The molecule has 0 spiro atoms. The molecule has 3 heteroatoms. The zero-order valence-corrected chi connectivity index (χ0v) is 11.6. The fourth-order valence-electron chi connectivity index (χ4n) is 1.76. The van der Waals surface area contributed by atoms with Crippen molar-refractivity contribution in [2.45, 2.75) is 40.2 Å². The molecule has 0 aliphatic heterocycles. The zero-order valence-electron chi connectivity index (χ0n) is 11.6. The molecule has 0 heterocycles. The molecule has 3 nitrogen and oxygen atoms in total. The van der Waals surface area contributed by atoms with Gasteiger partial charge in [0.15, 0.2) is 6.10 Å². The lowest BCUT2D eigenvalue weighted by Gasteiger charge is -2.17. The summed E-state index contributed by atoms with van der Waals surface area (Å²) in [7, 11) is 0. The van der Waals surface area contributed by atoms with E-state index in [-0.39, 0.29) is 0 Å². The van der Waals surface area contributed by atoms with Crippen LogP contribution >= 0.6 is 0 Å². The first-order chi connectivity index (χ1) is 8.41. The van der Waals surface area contributed by atoms with Crippen LogP contribution in [0.5, 0.6) is 0 Å². The number of aliphatic carboxylic acids is 1. The molecule has 1 N–H and O–H groups in total. The van der Waals surface area contributed by atoms with Crippen molar-refractivity contribution in [3.05, 3.63) is 34.9 Å². The van der Waals surface area contributed by atoms with Crippen LogP contribution in [0.2, 0.25) is 0 Å². The van der Waals surface area contributed by atoms with E-state index >= 15 is 0 Å². The lowest BCUT2D eigenvalue weighted by atomic mass is 9.98. The van der Waals surface area contributed by atoms with Crippen LogP contribution in [0.1, 0.15) is 30.5 Å². The highest BCUT2D eigenvalue weighted by Gasteiger charge is 2.20. The predicted octanol–water partition coefficient (Wildman–Crippen LogP) is 2.97. The summed E-state index contributed by atoms with van der Waals surface area (Å²) >= 11 is 0. The number of carbonyl (C=O) groups is 1. The zero-order chi connectivity index (χ0) is 13.7. The number of carboxylic acid groups (broad SMARTS) is 1. The number of benzene rings is 1. The monoisotopic (exact) mass is 250 g/mol. The maximum absolute atomic E-state index is 11.2. The molecule has 1 aromatic rings. The summed E-state index contributed by atoms with van der Waals surface area (Å²) in [5, 5.41) is 9.18. The number of rotatable bonds is 6. The summed E-state index contributed by atoms with van der Waals surface area (Å²) in [6, 6.07) is 5.96. The van der Waals surface area contributed by atoms with Crippen LogP contribution < -0.4 is 0 Å². The van der Waals surface area contributed by atoms with Crippen LogP contribution in [-0.4, -0.2) is 23.8 Å². The molecule has 0 bridgehead atoms. The molecule has 0 unspecified atom stereocenters. The highest BCUT2D eigenvalue weighted by molar-refractivity contribution is 5.72. The Hall–Kier alpha value is -1.35. The molecule has 0 saturated carbocycles. The van der Waals surface area contributed by atoms with Gasteiger partial charge in [0.05, 0.1) is 6.61 Å². The fraction of sp³-hybridized carbons (Fsp3) is 0.533. The van der Waals surface area contributed by atoms with Gasteiger partial charge in [-0.2, -0.15) is 0 Å². The van der Waals surface area contributed by atoms with Gasteiger partial charge in [0, 0.05) is 6.42 Å². The largest absolute Gasteiger partial charge is 0.479 e. The molecule has 0 amide bonds. The van der Waals surface area contributed by atoms with E-state index in [1.807, 2.05) is 45.9 Å². The fourth-order valence-corrected chi connectivity index (χ4v) is 1.76. The van der Waals surface area contributed by atoms with E-state index in [1.165, 1.54) is 5.56 Å². The number of hydrogen-bond donors (Lipinski definition) is 1. The average molecular weight is 250 g/mol. The van der Waals surface area contributed by atoms with Crippen LogP contribution in [-0.2, 0) is 16.0 Å². The molecular formula is C15H22O3. The van der Waals surface area contributed by atoms with Crippen LogP contribution in [0, 0.1) is 19.8 Å². The minimum absolute atomic E-state index is 0.338. The molecule has 1 aromatic carbocycles. The Bertz CT molecular complexity index is 410. The molecule has 1 atom stereocenters. The normalized spacial score (nSPS) is 12.7. The summed E-state index contributed by atoms with van der Waals surface area (Å²) < 4.78 is 5.46. The molecule has 0 radical (unpaired) electrons. The second-order valence-corrected chi connectivity index (χ2v) is 5.12. The average Bonchev–Trinajstić information content (AvgIpc) is 2.29. The van der Waals surface area contributed by atoms with Gasteiger partial charge in [-0.25, -0.2) is 4.79 Å². The third-order valence-electron chi connectivity index (χ3n) is 3.03. The van der Waals surface area contributed by atoms with Crippen molar-refractivity contribution >= 4 is 5.97 Å². The van der Waals surface area contributed by atoms with E-state index in [2.05, 4.69) is 0 Å². The molecule has 0 aliphatic rings. The molecule has 100 valence electrons. The predicted molar refractivity (Wildman–Crippen MR) is 71.8 cm³/mol. The Balaban J connectivity index is 2.77. The first-order valence-electron chi connectivity index (χ1n) is 6.31. The molecule has 18 heavy (non-hydrogen) atoms. The van der Waals surface area contributed by atoms with Gasteiger partial charge in [0.1, 0.15) is 0 Å². The van der Waals surface area contributed by atoms with Gasteiger partial charge in [0.25, 0.3) is 0 Å². The molecule has 0 saturated heterocycles.